The molecule has 0 aliphatic carbocycles. The van der Waals surface area contributed by atoms with Crippen LogP contribution in [0.5, 0.6) is 0 Å². The second-order valence-electron chi connectivity index (χ2n) is 7.79. The Bertz CT molecular complexity index is 620. The first-order chi connectivity index (χ1) is 13.3. The summed E-state index contributed by atoms with van der Waals surface area (Å²) in [6.07, 6.45) is 3.37. The molecule has 0 N–H and O–H groups in total. The number of hydrogen-bond donors (Lipinski definition) is 0. The van der Waals surface area contributed by atoms with Crippen LogP contribution in [0.1, 0.15) is 32.4 Å². The fourth-order valence-corrected chi connectivity index (χ4v) is 4.44. The van der Waals surface area contributed by atoms with Gasteiger partial charge in [0.25, 0.3) is 0 Å². The quantitative estimate of drug-likeness (QED) is 0.774. The van der Waals surface area contributed by atoms with Crippen LogP contribution in [0, 0.1) is 0 Å². The zero-order valence-electron chi connectivity index (χ0n) is 16.8. The summed E-state index contributed by atoms with van der Waals surface area (Å²) in [5.41, 5.74) is 1.12. The van der Waals surface area contributed by atoms with E-state index in [2.05, 4.69) is 34.6 Å². The fourth-order valence-electron chi connectivity index (χ4n) is 4.44. The van der Waals surface area contributed by atoms with E-state index in [0.717, 1.165) is 83.0 Å². The van der Waals surface area contributed by atoms with Crippen LogP contribution in [-0.2, 0) is 15.9 Å². The van der Waals surface area contributed by atoms with Crippen LogP contribution in [-0.4, -0.2) is 86.1 Å². The van der Waals surface area contributed by atoms with Gasteiger partial charge >= 0.3 is 0 Å². The Balaban J connectivity index is 1.51. The molecule has 3 saturated heterocycles. The molecule has 2 atom stereocenters. The molecule has 3 aliphatic heterocycles. The predicted molar refractivity (Wildman–Crippen MR) is 107 cm³/mol. The van der Waals surface area contributed by atoms with Crippen molar-refractivity contribution in [2.24, 2.45) is 0 Å². The van der Waals surface area contributed by atoms with Crippen molar-refractivity contribution in [2.75, 3.05) is 69.0 Å². The van der Waals surface area contributed by atoms with E-state index in [1.54, 1.807) is 0 Å². The minimum absolute atomic E-state index is 0.468. The standard InChI is InChI=1S/C20H33N5O2/c1-3-5-17-14-27-15-18-13-24(6-7-25(17)18)19-12-16(4-2)21-20(22-19)23-8-10-26-11-9-23/h12,17-18H,3-11,13-15H2,1-2H3/t17-,18+/m0/s1. The van der Waals surface area contributed by atoms with Gasteiger partial charge in [0.15, 0.2) is 0 Å². The summed E-state index contributed by atoms with van der Waals surface area (Å²) in [5.74, 6) is 1.93. The molecule has 0 amide bonds. The third kappa shape index (κ3) is 4.20. The molecule has 27 heavy (non-hydrogen) atoms. The first kappa shape index (κ1) is 18.9. The molecule has 7 nitrogen and oxygen atoms in total. The molecule has 0 unspecified atom stereocenters. The minimum Gasteiger partial charge on any atom is -0.378 e. The Labute approximate surface area is 162 Å². The van der Waals surface area contributed by atoms with Crippen LogP contribution in [0.4, 0.5) is 11.8 Å². The second-order valence-corrected chi connectivity index (χ2v) is 7.79. The maximum atomic E-state index is 5.93. The molecule has 1 aromatic heterocycles. The van der Waals surface area contributed by atoms with E-state index in [0.29, 0.717) is 12.1 Å². The summed E-state index contributed by atoms with van der Waals surface area (Å²) in [6.45, 7) is 12.5. The van der Waals surface area contributed by atoms with Gasteiger partial charge in [-0.15, -0.1) is 0 Å². The van der Waals surface area contributed by atoms with Crippen molar-refractivity contribution in [1.82, 2.24) is 14.9 Å². The van der Waals surface area contributed by atoms with E-state index >= 15 is 0 Å². The Morgan fingerprint density at radius 2 is 1.85 bits per heavy atom. The van der Waals surface area contributed by atoms with Crippen molar-refractivity contribution in [1.29, 1.82) is 0 Å². The number of hydrogen-bond acceptors (Lipinski definition) is 7. The maximum Gasteiger partial charge on any atom is 0.227 e. The number of rotatable bonds is 5. The van der Waals surface area contributed by atoms with E-state index in [4.69, 9.17) is 19.4 Å². The van der Waals surface area contributed by atoms with Crippen molar-refractivity contribution in [3.05, 3.63) is 11.8 Å². The Kier molecular flexibility index (Phi) is 6.10. The maximum absolute atomic E-state index is 5.93. The average molecular weight is 376 g/mol. The monoisotopic (exact) mass is 375 g/mol. The van der Waals surface area contributed by atoms with Crippen molar-refractivity contribution >= 4 is 11.8 Å². The Hall–Kier alpha value is -1.44. The van der Waals surface area contributed by atoms with Crippen LogP contribution < -0.4 is 9.80 Å². The van der Waals surface area contributed by atoms with E-state index < -0.39 is 0 Å². The second kappa shape index (κ2) is 8.71. The van der Waals surface area contributed by atoms with Gasteiger partial charge in [0.2, 0.25) is 5.95 Å². The predicted octanol–water partition coefficient (Wildman–Crippen LogP) is 1.57. The summed E-state index contributed by atoms with van der Waals surface area (Å²) in [6, 6.07) is 3.22. The first-order valence-electron chi connectivity index (χ1n) is 10.6. The molecule has 4 rings (SSSR count). The van der Waals surface area contributed by atoms with Crippen molar-refractivity contribution < 1.29 is 9.47 Å². The van der Waals surface area contributed by atoms with Crippen molar-refractivity contribution in [3.8, 4) is 0 Å². The summed E-state index contributed by atoms with van der Waals surface area (Å²) < 4.78 is 11.4. The summed E-state index contributed by atoms with van der Waals surface area (Å²) in [4.78, 5) is 17.1. The van der Waals surface area contributed by atoms with E-state index in [1.807, 2.05) is 0 Å². The third-order valence-electron chi connectivity index (χ3n) is 5.97. The van der Waals surface area contributed by atoms with Gasteiger partial charge < -0.3 is 19.3 Å². The zero-order valence-corrected chi connectivity index (χ0v) is 16.8. The molecule has 7 heteroatoms. The molecule has 4 heterocycles. The fraction of sp³-hybridized carbons (Fsp3) is 0.800. The largest absolute Gasteiger partial charge is 0.378 e. The molecular weight excluding hydrogens is 342 g/mol. The normalized spacial score (nSPS) is 26.9. The van der Waals surface area contributed by atoms with Gasteiger partial charge in [-0.05, 0) is 12.8 Å². The lowest BCUT2D eigenvalue weighted by molar-refractivity contribution is -0.0558. The molecule has 150 valence electrons. The molecule has 3 aliphatic rings. The zero-order chi connectivity index (χ0) is 18.6. The number of ether oxygens (including phenoxy) is 2. The number of aromatic nitrogens is 2. The highest BCUT2D eigenvalue weighted by Gasteiger charge is 2.35. The number of morpholine rings is 2. The highest BCUT2D eigenvalue weighted by atomic mass is 16.5. The van der Waals surface area contributed by atoms with E-state index in [-0.39, 0.29) is 0 Å². The van der Waals surface area contributed by atoms with Crippen molar-refractivity contribution in [3.63, 3.8) is 0 Å². The molecular formula is C20H33N5O2. The van der Waals surface area contributed by atoms with Crippen LogP contribution in [0.3, 0.4) is 0 Å². The number of anilines is 2. The number of fused-ring (bicyclic) bond motifs is 1. The van der Waals surface area contributed by atoms with Gasteiger partial charge in [-0.1, -0.05) is 20.3 Å². The van der Waals surface area contributed by atoms with Gasteiger partial charge in [0.05, 0.1) is 32.5 Å². The lowest BCUT2D eigenvalue weighted by Gasteiger charge is -2.48. The Morgan fingerprint density at radius 3 is 2.63 bits per heavy atom. The highest BCUT2D eigenvalue weighted by molar-refractivity contribution is 5.47. The highest BCUT2D eigenvalue weighted by Crippen LogP contribution is 2.26. The lowest BCUT2D eigenvalue weighted by atomic mass is 10.0. The molecule has 1 aromatic rings. The van der Waals surface area contributed by atoms with E-state index in [1.165, 1.54) is 12.8 Å². The molecule has 3 fully saturated rings. The molecule has 0 spiro atoms. The van der Waals surface area contributed by atoms with Crippen LogP contribution in [0.15, 0.2) is 6.07 Å². The SMILES string of the molecule is CCC[C@H]1COC[C@H]2CN(c3cc(CC)nc(N4CCOCC4)n3)CCN12. The lowest BCUT2D eigenvalue weighted by Crippen LogP contribution is -2.62. The van der Waals surface area contributed by atoms with Crippen LogP contribution in [0.2, 0.25) is 0 Å². The van der Waals surface area contributed by atoms with E-state index in [9.17, 15) is 0 Å². The van der Waals surface area contributed by atoms with Crippen LogP contribution >= 0.6 is 0 Å². The van der Waals surface area contributed by atoms with Gasteiger partial charge in [-0.3, -0.25) is 4.90 Å². The number of aryl methyl sites for hydroxylation is 1. The van der Waals surface area contributed by atoms with Gasteiger partial charge in [0.1, 0.15) is 5.82 Å². The van der Waals surface area contributed by atoms with Crippen molar-refractivity contribution in [2.45, 2.75) is 45.2 Å². The molecule has 0 bridgehead atoms. The molecule has 0 radical (unpaired) electrons. The smallest absolute Gasteiger partial charge is 0.227 e. The van der Waals surface area contributed by atoms with Gasteiger partial charge in [-0.2, -0.15) is 4.98 Å². The molecule has 0 aromatic carbocycles. The topological polar surface area (TPSA) is 54.0 Å². The van der Waals surface area contributed by atoms with Gasteiger partial charge in [0, 0.05) is 50.5 Å². The van der Waals surface area contributed by atoms with Gasteiger partial charge in [-0.25, -0.2) is 4.98 Å². The number of piperazine rings is 1. The van der Waals surface area contributed by atoms with Crippen LogP contribution in [0.25, 0.3) is 0 Å². The molecule has 0 saturated carbocycles. The summed E-state index contributed by atoms with van der Waals surface area (Å²) in [7, 11) is 0. The minimum atomic E-state index is 0.468. The summed E-state index contributed by atoms with van der Waals surface area (Å²) in [5, 5.41) is 0. The first-order valence-corrected chi connectivity index (χ1v) is 10.6. The Morgan fingerprint density at radius 1 is 1.00 bits per heavy atom. The number of nitrogens with zero attached hydrogens (tertiary/aromatic N) is 5. The summed E-state index contributed by atoms with van der Waals surface area (Å²) >= 11 is 0. The third-order valence-corrected chi connectivity index (χ3v) is 5.97. The average Bonchev–Trinajstić information content (AvgIpc) is 2.74.